The Hall–Kier alpha value is -2.60. The second kappa shape index (κ2) is 5.65. The van der Waals surface area contributed by atoms with Crippen molar-refractivity contribution in [1.82, 2.24) is 5.16 Å². The number of halogens is 3. The first-order chi connectivity index (χ1) is 10.6. The summed E-state index contributed by atoms with van der Waals surface area (Å²) in [6, 6.07) is 9.06. The quantitative estimate of drug-likeness (QED) is 0.798. The van der Waals surface area contributed by atoms with Gasteiger partial charge in [-0.3, -0.25) is 0 Å². The second-order valence-corrected chi connectivity index (χ2v) is 4.57. The SMILES string of the molecule is OCc1c(-c2ccccc2F)noc1-c1c(F)cccc1F. The van der Waals surface area contributed by atoms with E-state index in [1.165, 1.54) is 24.3 Å². The lowest BCUT2D eigenvalue weighted by Crippen LogP contribution is -1.94. The molecule has 3 aromatic rings. The summed E-state index contributed by atoms with van der Waals surface area (Å²) >= 11 is 0. The molecule has 6 heteroatoms. The van der Waals surface area contributed by atoms with E-state index in [-0.39, 0.29) is 22.6 Å². The van der Waals surface area contributed by atoms with Crippen molar-refractivity contribution >= 4 is 0 Å². The summed E-state index contributed by atoms with van der Waals surface area (Å²) in [5, 5.41) is 13.2. The molecular formula is C16H10F3NO2. The lowest BCUT2D eigenvalue weighted by atomic mass is 10.0. The molecule has 0 unspecified atom stereocenters. The van der Waals surface area contributed by atoms with Crippen molar-refractivity contribution in [3.63, 3.8) is 0 Å². The van der Waals surface area contributed by atoms with Crippen LogP contribution in [-0.4, -0.2) is 10.3 Å². The van der Waals surface area contributed by atoms with E-state index in [4.69, 9.17) is 4.52 Å². The molecule has 1 aromatic heterocycles. The molecule has 0 aliphatic carbocycles. The maximum Gasteiger partial charge on any atom is 0.178 e. The zero-order valence-electron chi connectivity index (χ0n) is 11.2. The Morgan fingerprint density at radius 1 is 0.909 bits per heavy atom. The van der Waals surface area contributed by atoms with Crippen molar-refractivity contribution in [3.05, 3.63) is 65.5 Å². The minimum Gasteiger partial charge on any atom is -0.391 e. The molecule has 1 heterocycles. The minimum atomic E-state index is -0.856. The lowest BCUT2D eigenvalue weighted by molar-refractivity contribution is 0.281. The fourth-order valence-corrected chi connectivity index (χ4v) is 2.23. The number of aromatic nitrogens is 1. The Morgan fingerprint density at radius 2 is 1.55 bits per heavy atom. The van der Waals surface area contributed by atoms with Crippen LogP contribution in [-0.2, 0) is 6.61 Å². The van der Waals surface area contributed by atoms with E-state index in [0.717, 1.165) is 12.1 Å². The molecule has 112 valence electrons. The predicted molar refractivity (Wildman–Crippen MR) is 73.2 cm³/mol. The first kappa shape index (κ1) is 14.3. The van der Waals surface area contributed by atoms with Crippen LogP contribution in [0.4, 0.5) is 13.2 Å². The van der Waals surface area contributed by atoms with Crippen LogP contribution < -0.4 is 0 Å². The Bertz CT molecular complexity index is 810. The van der Waals surface area contributed by atoms with E-state index in [0.29, 0.717) is 0 Å². The monoisotopic (exact) mass is 305 g/mol. The van der Waals surface area contributed by atoms with Crippen LogP contribution in [0.25, 0.3) is 22.6 Å². The molecule has 0 atom stereocenters. The van der Waals surface area contributed by atoms with Gasteiger partial charge in [-0.1, -0.05) is 23.4 Å². The molecular weight excluding hydrogens is 295 g/mol. The standard InChI is InChI=1S/C16H10F3NO2/c17-11-5-2-1-4-9(11)15-10(8-21)16(22-20-15)14-12(18)6-3-7-13(14)19/h1-7,21H,8H2. The molecule has 22 heavy (non-hydrogen) atoms. The number of nitrogens with zero attached hydrogens (tertiary/aromatic N) is 1. The predicted octanol–water partition coefficient (Wildman–Crippen LogP) is 3.92. The zero-order chi connectivity index (χ0) is 15.7. The maximum atomic E-state index is 13.9. The molecule has 3 rings (SSSR count). The van der Waals surface area contributed by atoms with Crippen LogP contribution in [0.2, 0.25) is 0 Å². The van der Waals surface area contributed by atoms with Gasteiger partial charge in [0.2, 0.25) is 0 Å². The molecule has 0 spiro atoms. The van der Waals surface area contributed by atoms with E-state index in [2.05, 4.69) is 5.16 Å². The average Bonchev–Trinajstić information content (AvgIpc) is 2.91. The van der Waals surface area contributed by atoms with Crippen LogP contribution in [0.5, 0.6) is 0 Å². The zero-order valence-corrected chi connectivity index (χ0v) is 11.2. The molecule has 0 saturated heterocycles. The number of aliphatic hydroxyl groups is 1. The van der Waals surface area contributed by atoms with Gasteiger partial charge in [0.05, 0.1) is 17.7 Å². The fourth-order valence-electron chi connectivity index (χ4n) is 2.23. The molecule has 0 amide bonds. The van der Waals surface area contributed by atoms with Crippen molar-refractivity contribution in [2.75, 3.05) is 0 Å². The fraction of sp³-hybridized carbons (Fsp3) is 0.0625. The third kappa shape index (κ3) is 2.27. The molecule has 3 nitrogen and oxygen atoms in total. The van der Waals surface area contributed by atoms with Gasteiger partial charge in [-0.25, -0.2) is 13.2 Å². The van der Waals surface area contributed by atoms with Crippen molar-refractivity contribution in [1.29, 1.82) is 0 Å². The average molecular weight is 305 g/mol. The van der Waals surface area contributed by atoms with Crippen molar-refractivity contribution < 1.29 is 22.8 Å². The molecule has 0 bridgehead atoms. The highest BCUT2D eigenvalue weighted by Crippen LogP contribution is 2.35. The normalized spacial score (nSPS) is 10.9. The molecule has 1 N–H and O–H groups in total. The van der Waals surface area contributed by atoms with E-state index in [1.54, 1.807) is 6.07 Å². The van der Waals surface area contributed by atoms with Crippen LogP contribution in [0.3, 0.4) is 0 Å². The Balaban J connectivity index is 2.23. The summed E-state index contributed by atoms with van der Waals surface area (Å²) in [7, 11) is 0. The van der Waals surface area contributed by atoms with Gasteiger partial charge in [0.15, 0.2) is 5.76 Å². The molecule has 0 saturated carbocycles. The van der Waals surface area contributed by atoms with Gasteiger partial charge < -0.3 is 9.63 Å². The topological polar surface area (TPSA) is 46.3 Å². The number of rotatable bonds is 3. The highest BCUT2D eigenvalue weighted by molar-refractivity contribution is 5.73. The summed E-state index contributed by atoms with van der Waals surface area (Å²) in [5.74, 6) is -2.54. The first-order valence-corrected chi connectivity index (χ1v) is 6.42. The van der Waals surface area contributed by atoms with E-state index < -0.39 is 29.6 Å². The highest BCUT2D eigenvalue weighted by Gasteiger charge is 2.24. The molecule has 2 aromatic carbocycles. The van der Waals surface area contributed by atoms with Crippen molar-refractivity contribution in [3.8, 4) is 22.6 Å². The van der Waals surface area contributed by atoms with Crippen LogP contribution in [0.15, 0.2) is 47.0 Å². The summed E-state index contributed by atoms with van der Waals surface area (Å²) < 4.78 is 46.6. The largest absolute Gasteiger partial charge is 0.391 e. The Kier molecular flexibility index (Phi) is 3.68. The summed E-state index contributed by atoms with van der Waals surface area (Å²) in [6.07, 6.45) is 0. The van der Waals surface area contributed by atoms with E-state index >= 15 is 0 Å². The summed E-state index contributed by atoms with van der Waals surface area (Å²) in [5.41, 5.74) is -0.327. The van der Waals surface area contributed by atoms with Gasteiger partial charge in [-0.15, -0.1) is 0 Å². The van der Waals surface area contributed by atoms with Gasteiger partial charge in [-0.2, -0.15) is 0 Å². The molecule has 0 fully saturated rings. The number of hydrogen-bond acceptors (Lipinski definition) is 3. The Labute approximate surface area is 123 Å². The smallest absolute Gasteiger partial charge is 0.178 e. The van der Waals surface area contributed by atoms with Crippen LogP contribution in [0.1, 0.15) is 5.56 Å². The van der Waals surface area contributed by atoms with Gasteiger partial charge >= 0.3 is 0 Å². The molecule has 0 aliphatic heterocycles. The first-order valence-electron chi connectivity index (χ1n) is 6.42. The van der Waals surface area contributed by atoms with E-state index in [1.807, 2.05) is 0 Å². The minimum absolute atomic E-state index is 0.0123. The third-order valence-electron chi connectivity index (χ3n) is 3.27. The molecule has 0 aliphatic rings. The number of hydrogen-bond donors (Lipinski definition) is 1. The summed E-state index contributed by atoms with van der Waals surface area (Å²) in [6.45, 7) is -0.601. The van der Waals surface area contributed by atoms with Gasteiger partial charge in [0, 0.05) is 5.56 Å². The maximum absolute atomic E-state index is 13.9. The van der Waals surface area contributed by atoms with Gasteiger partial charge in [0.1, 0.15) is 23.1 Å². The van der Waals surface area contributed by atoms with Gasteiger partial charge in [-0.05, 0) is 24.3 Å². The second-order valence-electron chi connectivity index (χ2n) is 4.57. The number of benzene rings is 2. The molecule has 0 radical (unpaired) electrons. The van der Waals surface area contributed by atoms with Crippen molar-refractivity contribution in [2.45, 2.75) is 6.61 Å². The van der Waals surface area contributed by atoms with Crippen LogP contribution in [0, 0.1) is 17.5 Å². The number of aliphatic hydroxyl groups excluding tert-OH is 1. The van der Waals surface area contributed by atoms with Crippen molar-refractivity contribution in [2.24, 2.45) is 0 Å². The van der Waals surface area contributed by atoms with E-state index in [9.17, 15) is 18.3 Å². The third-order valence-corrected chi connectivity index (χ3v) is 3.27. The Morgan fingerprint density at radius 3 is 2.18 bits per heavy atom. The highest BCUT2D eigenvalue weighted by atomic mass is 19.1. The lowest BCUT2D eigenvalue weighted by Gasteiger charge is -2.04. The van der Waals surface area contributed by atoms with Crippen LogP contribution >= 0.6 is 0 Å². The summed E-state index contributed by atoms with van der Waals surface area (Å²) in [4.78, 5) is 0. The van der Waals surface area contributed by atoms with Gasteiger partial charge in [0.25, 0.3) is 0 Å².